The van der Waals surface area contributed by atoms with Gasteiger partial charge < -0.3 is 25.9 Å². The topological polar surface area (TPSA) is 148 Å². The van der Waals surface area contributed by atoms with Crippen molar-refractivity contribution in [3.63, 3.8) is 0 Å². The monoisotopic (exact) mass is 540 g/mol. The molecule has 6 fully saturated rings. The van der Waals surface area contributed by atoms with E-state index >= 15 is 0 Å². The molecule has 2 saturated heterocycles. The lowest BCUT2D eigenvalue weighted by molar-refractivity contribution is -0.199. The lowest BCUT2D eigenvalue weighted by Crippen LogP contribution is -2.65. The number of likely N-dealkylation sites (N-methyl/N-ethyl adjacent to an activating group) is 1. The number of carboxylic acid groups (broad SMARTS) is 1. The van der Waals surface area contributed by atoms with Crippen LogP contribution in [-0.4, -0.2) is 83.7 Å². The molecule has 5 N–H and O–H groups in total. The van der Waals surface area contributed by atoms with Crippen LogP contribution in [0.25, 0.3) is 0 Å². The molecule has 0 aromatic carbocycles. The van der Waals surface area contributed by atoms with E-state index in [9.17, 15) is 18.3 Å². The van der Waals surface area contributed by atoms with Crippen LogP contribution in [0.4, 0.5) is 0 Å². The summed E-state index contributed by atoms with van der Waals surface area (Å²) in [7, 11) is -4.23. The van der Waals surface area contributed by atoms with Crippen molar-refractivity contribution in [1.82, 2.24) is 8.61 Å². The van der Waals surface area contributed by atoms with Crippen molar-refractivity contribution in [3.8, 4) is 0 Å². The third-order valence-electron chi connectivity index (χ3n) is 11.0. The van der Waals surface area contributed by atoms with Gasteiger partial charge in [0.15, 0.2) is 0 Å². The molecule has 0 aromatic heterocycles. The van der Waals surface area contributed by atoms with E-state index in [-0.39, 0.29) is 49.9 Å². The molecule has 0 amide bonds. The molecule has 2 bridgehead atoms. The Morgan fingerprint density at radius 3 is 2.49 bits per heavy atom. The second-order valence-electron chi connectivity index (χ2n) is 13.3. The van der Waals surface area contributed by atoms with Gasteiger partial charge in [0.2, 0.25) is 0 Å². The van der Waals surface area contributed by atoms with Gasteiger partial charge in [-0.2, -0.15) is 17.0 Å². The van der Waals surface area contributed by atoms with E-state index in [0.29, 0.717) is 31.0 Å². The third-order valence-corrected chi connectivity index (χ3v) is 13.1. The Labute approximate surface area is 222 Å². The molecule has 0 radical (unpaired) electrons. The zero-order chi connectivity index (χ0) is 27.2. The largest absolute Gasteiger partial charge is 0.480 e. The first-order valence-electron chi connectivity index (χ1n) is 14.0. The van der Waals surface area contributed by atoms with Gasteiger partial charge in [0, 0.05) is 37.1 Å². The van der Waals surface area contributed by atoms with Gasteiger partial charge in [0.1, 0.15) is 5.54 Å². The highest BCUT2D eigenvalue weighted by Crippen LogP contribution is 2.65. The normalized spacial score (nSPS) is 40.9. The van der Waals surface area contributed by atoms with Crippen molar-refractivity contribution < 1.29 is 27.6 Å². The van der Waals surface area contributed by atoms with Crippen molar-refractivity contribution >= 4 is 23.3 Å². The van der Waals surface area contributed by atoms with E-state index < -0.39 is 33.2 Å². The summed E-state index contributed by atoms with van der Waals surface area (Å²) in [6.07, 6.45) is 5.65. The molecule has 6 aliphatic rings. The van der Waals surface area contributed by atoms with Crippen molar-refractivity contribution in [2.24, 2.45) is 34.6 Å². The van der Waals surface area contributed by atoms with Gasteiger partial charge in [-0.25, -0.2) is 0 Å². The van der Waals surface area contributed by atoms with E-state index in [1.165, 1.54) is 15.0 Å². The Balaban J connectivity index is 1.22. The summed E-state index contributed by atoms with van der Waals surface area (Å²) in [5.74, 6) is -0.513. The van der Waals surface area contributed by atoms with Crippen molar-refractivity contribution in [2.75, 3.05) is 19.6 Å². The summed E-state index contributed by atoms with van der Waals surface area (Å²) in [6.45, 7) is 10.6. The number of hydrogen-bond donors (Lipinski definition) is 3. The quantitative estimate of drug-likeness (QED) is 0.355. The SMILES string of the molecule is CCN([C@@H](C)C1(N)CC1)S(=O)(=O)N1C[C@H](CCCB2O[C@H]3C[C@H]4C[C@H](C4(C)C)[C@@]3(C)O2)[C@](N)(C(=O)O)C1. The molecule has 7 atom stereocenters. The Hall–Kier alpha value is -0.755. The van der Waals surface area contributed by atoms with Crippen LogP contribution < -0.4 is 11.5 Å². The van der Waals surface area contributed by atoms with Crippen LogP contribution in [0.1, 0.15) is 73.1 Å². The first-order chi connectivity index (χ1) is 17.1. The summed E-state index contributed by atoms with van der Waals surface area (Å²) in [5.41, 5.74) is 10.6. The van der Waals surface area contributed by atoms with Gasteiger partial charge in [-0.3, -0.25) is 4.79 Å². The number of carboxylic acids is 1. The summed E-state index contributed by atoms with van der Waals surface area (Å²) in [6, 6.07) is -0.365. The fourth-order valence-electron chi connectivity index (χ4n) is 7.90. The van der Waals surface area contributed by atoms with E-state index in [4.69, 9.17) is 20.8 Å². The van der Waals surface area contributed by atoms with Gasteiger partial charge >= 0.3 is 13.1 Å². The Morgan fingerprint density at radius 2 is 1.92 bits per heavy atom. The predicted octanol–water partition coefficient (Wildman–Crippen LogP) is 1.66. The average Bonchev–Trinajstić information content (AvgIpc) is 3.32. The fraction of sp³-hybridized carbons (Fsp3) is 0.960. The minimum Gasteiger partial charge on any atom is -0.480 e. The number of hydrogen-bond acceptors (Lipinski definition) is 7. The summed E-state index contributed by atoms with van der Waals surface area (Å²) in [5, 5.41) is 10.0. The zero-order valence-electron chi connectivity index (χ0n) is 23.0. The fourth-order valence-corrected chi connectivity index (χ4v) is 9.88. The van der Waals surface area contributed by atoms with E-state index in [1.54, 1.807) is 6.92 Å². The molecular weight excluding hydrogens is 495 g/mol. The molecule has 210 valence electrons. The van der Waals surface area contributed by atoms with Crippen molar-refractivity contribution in [1.29, 1.82) is 0 Å². The standard InChI is InChI=1S/C25H45BN4O6S/c1-6-30(16(2)24(27)9-10-24)37(33,34)29-14-17(25(28,15-29)21(31)32)8-7-11-26-35-20-13-18-12-19(22(18,3)4)23(20,5)36-26/h16-20H,6-15,27-28H2,1-5H3,(H,31,32)/t16-,17-,18+,19+,20-,23+,25-/m0/s1. The average molecular weight is 541 g/mol. The highest BCUT2D eigenvalue weighted by molar-refractivity contribution is 7.86. The molecule has 2 heterocycles. The molecular formula is C25H45BN4O6S. The second kappa shape index (κ2) is 8.87. The van der Waals surface area contributed by atoms with E-state index in [0.717, 1.165) is 19.3 Å². The molecule has 10 nitrogen and oxygen atoms in total. The van der Waals surface area contributed by atoms with Crippen molar-refractivity contribution in [3.05, 3.63) is 0 Å². The number of rotatable bonds is 10. The minimum absolute atomic E-state index is 0.0799. The summed E-state index contributed by atoms with van der Waals surface area (Å²) in [4.78, 5) is 12.3. The maximum atomic E-state index is 13.6. The lowest BCUT2D eigenvalue weighted by Gasteiger charge is -2.64. The van der Waals surface area contributed by atoms with E-state index in [2.05, 4.69) is 20.8 Å². The van der Waals surface area contributed by atoms with Crippen LogP contribution in [-0.2, 0) is 24.3 Å². The van der Waals surface area contributed by atoms with Gasteiger partial charge in [-0.05, 0) is 69.5 Å². The molecule has 4 aliphatic carbocycles. The lowest BCUT2D eigenvalue weighted by atomic mass is 9.43. The Bertz CT molecular complexity index is 1040. The van der Waals surface area contributed by atoms with Crippen LogP contribution in [0.5, 0.6) is 0 Å². The van der Waals surface area contributed by atoms with Crippen molar-refractivity contribution in [2.45, 2.75) is 108 Å². The van der Waals surface area contributed by atoms with Crippen LogP contribution >= 0.6 is 0 Å². The smallest absolute Gasteiger partial charge is 0.457 e. The first kappa shape index (κ1) is 27.8. The Morgan fingerprint density at radius 1 is 1.24 bits per heavy atom. The van der Waals surface area contributed by atoms with Gasteiger partial charge in [0.25, 0.3) is 10.2 Å². The molecule has 0 aromatic rings. The zero-order valence-corrected chi connectivity index (χ0v) is 23.8. The highest BCUT2D eigenvalue weighted by Gasteiger charge is 2.67. The molecule has 0 spiro atoms. The number of nitrogens with two attached hydrogens (primary N) is 2. The van der Waals surface area contributed by atoms with Gasteiger partial charge in [0.05, 0.1) is 11.7 Å². The Kier molecular flexibility index (Phi) is 6.67. The third kappa shape index (κ3) is 4.21. The molecule has 37 heavy (non-hydrogen) atoms. The van der Waals surface area contributed by atoms with Crippen LogP contribution in [0.15, 0.2) is 0 Å². The van der Waals surface area contributed by atoms with Gasteiger partial charge in [-0.1, -0.05) is 27.2 Å². The molecule has 0 unspecified atom stereocenters. The first-order valence-corrected chi connectivity index (χ1v) is 15.4. The molecule has 6 rings (SSSR count). The minimum atomic E-state index is -3.91. The van der Waals surface area contributed by atoms with E-state index in [1.807, 2.05) is 6.92 Å². The van der Waals surface area contributed by atoms with Crippen LogP contribution in [0.2, 0.25) is 6.32 Å². The summed E-state index contributed by atoms with van der Waals surface area (Å²) < 4.78 is 42.7. The highest BCUT2D eigenvalue weighted by atomic mass is 32.2. The number of aliphatic carboxylic acids is 1. The van der Waals surface area contributed by atoms with Gasteiger partial charge in [-0.15, -0.1) is 0 Å². The molecule has 4 saturated carbocycles. The maximum Gasteiger partial charge on any atom is 0.457 e. The van der Waals surface area contributed by atoms with Crippen LogP contribution in [0, 0.1) is 23.2 Å². The maximum absolute atomic E-state index is 13.6. The molecule has 2 aliphatic heterocycles. The second-order valence-corrected chi connectivity index (χ2v) is 15.2. The number of nitrogens with zero attached hydrogens (tertiary/aromatic N) is 2. The van der Waals surface area contributed by atoms with Crippen LogP contribution in [0.3, 0.4) is 0 Å². The summed E-state index contributed by atoms with van der Waals surface area (Å²) >= 11 is 0. The molecule has 12 heteroatoms. The predicted molar refractivity (Wildman–Crippen MR) is 141 cm³/mol. The number of carbonyl (C=O) groups is 1.